The van der Waals surface area contributed by atoms with Crippen LogP contribution in [0.25, 0.3) is 10.9 Å². The van der Waals surface area contributed by atoms with E-state index in [1.54, 1.807) is 11.1 Å². The molecule has 4 aliphatic heterocycles. The number of amides is 4. The van der Waals surface area contributed by atoms with E-state index in [0.29, 0.717) is 57.9 Å². The van der Waals surface area contributed by atoms with Gasteiger partial charge in [-0.15, -0.1) is 0 Å². The van der Waals surface area contributed by atoms with Crippen molar-refractivity contribution in [1.29, 1.82) is 0 Å². The molecule has 0 spiro atoms. The molecule has 2 aromatic carbocycles. The highest BCUT2D eigenvalue weighted by Crippen LogP contribution is 2.33. The summed E-state index contributed by atoms with van der Waals surface area (Å²) in [5, 5.41) is 11.1. The van der Waals surface area contributed by atoms with Gasteiger partial charge in [-0.2, -0.15) is 5.10 Å². The van der Waals surface area contributed by atoms with Crippen LogP contribution in [-0.4, -0.2) is 113 Å². The Bertz CT molecular complexity index is 1570. The van der Waals surface area contributed by atoms with E-state index in [4.69, 9.17) is 4.74 Å². The van der Waals surface area contributed by atoms with Crippen LogP contribution in [0.1, 0.15) is 49.7 Å². The number of hydrogen-bond acceptors (Lipinski definition) is 6. The van der Waals surface area contributed by atoms with Crippen molar-refractivity contribution < 1.29 is 19.1 Å². The highest BCUT2D eigenvalue weighted by molar-refractivity contribution is 5.91. The van der Waals surface area contributed by atoms with Gasteiger partial charge in [0, 0.05) is 56.3 Å². The first kappa shape index (κ1) is 31.5. The summed E-state index contributed by atoms with van der Waals surface area (Å²) < 4.78 is 6.10. The Labute approximate surface area is 276 Å². The summed E-state index contributed by atoms with van der Waals surface area (Å²) in [5.74, 6) is 1.28. The maximum absolute atomic E-state index is 14.0. The summed E-state index contributed by atoms with van der Waals surface area (Å²) in [6.07, 6.45) is 7.32. The molecule has 2 N–H and O–H groups in total. The number of anilines is 1. The molecule has 0 unspecified atom stereocenters. The van der Waals surface area contributed by atoms with Crippen molar-refractivity contribution in [1.82, 2.24) is 29.8 Å². The van der Waals surface area contributed by atoms with Crippen LogP contribution >= 0.6 is 0 Å². The predicted octanol–water partition coefficient (Wildman–Crippen LogP) is 4.75. The summed E-state index contributed by atoms with van der Waals surface area (Å²) in [7, 11) is 2.19. The fourth-order valence-corrected chi connectivity index (χ4v) is 8.10. The molecule has 3 saturated heterocycles. The third-order valence-electron chi connectivity index (χ3n) is 11.0. The molecule has 1 aromatic heterocycles. The number of hydrogen-bond donors (Lipinski definition) is 2. The van der Waals surface area contributed by atoms with Gasteiger partial charge in [-0.3, -0.25) is 9.89 Å². The summed E-state index contributed by atoms with van der Waals surface area (Å²) in [4.78, 5) is 48.7. The summed E-state index contributed by atoms with van der Waals surface area (Å²) >= 11 is 0. The molecule has 4 aliphatic rings. The molecule has 0 saturated carbocycles. The number of piperidine rings is 3. The third-order valence-corrected chi connectivity index (χ3v) is 11.0. The second kappa shape index (κ2) is 13.9. The monoisotopic (exact) mass is 641 g/mol. The van der Waals surface area contributed by atoms with Gasteiger partial charge in [0.25, 0.3) is 5.91 Å². The number of aromatic amines is 1. The largest absolute Gasteiger partial charge is 0.436 e. The SMILES string of the molecule is CN1CCC(C2CCN(C(=O)[C@@H](Cc3ccc4[nH]ncc4c3)OC(=O)N3CCC(N4CCc5ccccc5NC4=O)CC3)CC2)CC1. The number of H-pyrrole nitrogens is 1. The van der Waals surface area contributed by atoms with Crippen LogP contribution in [0, 0.1) is 11.8 Å². The fourth-order valence-electron chi connectivity index (χ4n) is 8.10. The molecular weight excluding hydrogens is 594 g/mol. The van der Waals surface area contributed by atoms with E-state index in [1.165, 1.54) is 12.8 Å². The van der Waals surface area contributed by atoms with Gasteiger partial charge in [0.05, 0.1) is 11.7 Å². The first-order chi connectivity index (χ1) is 22.9. The zero-order valence-corrected chi connectivity index (χ0v) is 27.4. The highest BCUT2D eigenvalue weighted by Gasteiger charge is 2.36. The average molecular weight is 642 g/mol. The second-order valence-electron chi connectivity index (χ2n) is 13.9. The third kappa shape index (κ3) is 7.10. The lowest BCUT2D eigenvalue weighted by Crippen LogP contribution is -2.52. The molecular formula is C36H47N7O4. The molecule has 0 aliphatic carbocycles. The summed E-state index contributed by atoms with van der Waals surface area (Å²) in [6, 6.07) is 13.8. The van der Waals surface area contributed by atoms with Gasteiger partial charge in [-0.05, 0) is 106 Å². The molecule has 4 amide bonds. The maximum atomic E-state index is 14.0. The second-order valence-corrected chi connectivity index (χ2v) is 13.9. The van der Waals surface area contributed by atoms with Crippen LogP contribution in [0.5, 0.6) is 0 Å². The molecule has 11 heteroatoms. The van der Waals surface area contributed by atoms with E-state index in [1.807, 2.05) is 46.2 Å². The van der Waals surface area contributed by atoms with Crippen molar-refractivity contribution in [3.63, 3.8) is 0 Å². The Morgan fingerprint density at radius 2 is 1.60 bits per heavy atom. The lowest BCUT2D eigenvalue weighted by atomic mass is 9.79. The van der Waals surface area contributed by atoms with Crippen LogP contribution in [0.4, 0.5) is 15.3 Å². The number of fused-ring (bicyclic) bond motifs is 2. The molecule has 7 rings (SSSR count). The maximum Gasteiger partial charge on any atom is 0.410 e. The van der Waals surface area contributed by atoms with Crippen molar-refractivity contribution in [2.75, 3.05) is 58.2 Å². The summed E-state index contributed by atoms with van der Waals surface area (Å²) in [5.41, 5.74) is 3.86. The van der Waals surface area contributed by atoms with Gasteiger partial charge in [0.1, 0.15) is 0 Å². The Hall–Kier alpha value is -4.12. The van der Waals surface area contributed by atoms with Gasteiger partial charge in [0.2, 0.25) is 0 Å². The molecule has 5 heterocycles. The van der Waals surface area contributed by atoms with E-state index in [0.717, 1.165) is 66.0 Å². The Morgan fingerprint density at radius 1 is 0.894 bits per heavy atom. The molecule has 47 heavy (non-hydrogen) atoms. The summed E-state index contributed by atoms with van der Waals surface area (Å²) in [6.45, 7) is 5.31. The number of rotatable bonds is 6. The number of likely N-dealkylation sites (tertiary alicyclic amines) is 3. The van der Waals surface area contributed by atoms with Crippen molar-refractivity contribution in [2.45, 2.75) is 63.5 Å². The van der Waals surface area contributed by atoms with E-state index in [2.05, 4.69) is 33.5 Å². The van der Waals surface area contributed by atoms with Gasteiger partial charge in [-0.1, -0.05) is 24.3 Å². The number of carbonyl (C=O) groups is 3. The van der Waals surface area contributed by atoms with Gasteiger partial charge >= 0.3 is 12.1 Å². The molecule has 0 radical (unpaired) electrons. The minimum Gasteiger partial charge on any atom is -0.436 e. The zero-order valence-electron chi connectivity index (χ0n) is 27.4. The van der Waals surface area contributed by atoms with Crippen LogP contribution < -0.4 is 5.32 Å². The van der Waals surface area contributed by atoms with Crippen LogP contribution in [-0.2, 0) is 22.4 Å². The minimum atomic E-state index is -0.903. The average Bonchev–Trinajstić information content (AvgIpc) is 3.50. The van der Waals surface area contributed by atoms with Crippen LogP contribution in [0.3, 0.4) is 0 Å². The lowest BCUT2D eigenvalue weighted by molar-refractivity contribution is -0.142. The number of nitrogens with one attached hydrogen (secondary N) is 2. The van der Waals surface area contributed by atoms with E-state index >= 15 is 0 Å². The fraction of sp³-hybridized carbons (Fsp3) is 0.556. The van der Waals surface area contributed by atoms with E-state index in [9.17, 15) is 14.4 Å². The first-order valence-corrected chi connectivity index (χ1v) is 17.4. The van der Waals surface area contributed by atoms with Crippen molar-refractivity contribution >= 4 is 34.6 Å². The first-order valence-electron chi connectivity index (χ1n) is 17.4. The number of aromatic nitrogens is 2. The molecule has 11 nitrogen and oxygen atoms in total. The van der Waals surface area contributed by atoms with Gasteiger partial charge in [0.15, 0.2) is 6.10 Å². The van der Waals surface area contributed by atoms with Crippen LogP contribution in [0.15, 0.2) is 48.7 Å². The molecule has 3 fully saturated rings. The number of nitrogens with zero attached hydrogens (tertiary/aromatic N) is 5. The standard InChI is InChI=1S/C36H47N7O4/c1-40-15-8-26(9-16-40)27-10-17-41(18-11-27)34(44)33(23-25-6-7-32-29(22-25)24-37-39-32)47-36(46)42-19-13-30(14-20-42)43-21-12-28-4-2-3-5-31(28)38-35(43)45/h2-7,22,24,26-27,30,33H,8-21,23H2,1H3,(H,37,39)(H,38,45)/t33-/m1/s1. The van der Waals surface area contributed by atoms with Crippen molar-refractivity contribution in [3.05, 3.63) is 59.8 Å². The number of urea groups is 1. The quantitative estimate of drug-likeness (QED) is 0.402. The zero-order chi connectivity index (χ0) is 32.3. The van der Waals surface area contributed by atoms with E-state index < -0.39 is 12.2 Å². The normalized spacial score (nSPS) is 21.3. The topological polar surface area (TPSA) is 114 Å². The molecule has 250 valence electrons. The van der Waals surface area contributed by atoms with Crippen molar-refractivity contribution in [3.8, 4) is 0 Å². The Morgan fingerprint density at radius 3 is 2.36 bits per heavy atom. The Kier molecular flexibility index (Phi) is 9.33. The number of benzene rings is 2. The highest BCUT2D eigenvalue weighted by atomic mass is 16.6. The molecule has 0 bridgehead atoms. The predicted molar refractivity (Wildman–Crippen MR) is 180 cm³/mol. The van der Waals surface area contributed by atoms with Crippen molar-refractivity contribution in [2.24, 2.45) is 11.8 Å². The number of ether oxygens (including phenoxy) is 1. The van der Waals surface area contributed by atoms with E-state index in [-0.39, 0.29) is 18.0 Å². The Balaban J connectivity index is 0.981. The molecule has 3 aromatic rings. The number of para-hydroxylation sites is 1. The minimum absolute atomic E-state index is 0.0401. The van der Waals surface area contributed by atoms with Crippen LogP contribution in [0.2, 0.25) is 0 Å². The lowest BCUT2D eigenvalue weighted by Gasteiger charge is -2.40. The van der Waals surface area contributed by atoms with Gasteiger partial charge < -0.3 is 29.7 Å². The smallest absolute Gasteiger partial charge is 0.410 e. The molecule has 1 atom stereocenters. The number of carbonyl (C=O) groups excluding carboxylic acids is 3. The van der Waals surface area contributed by atoms with Gasteiger partial charge in [-0.25, -0.2) is 9.59 Å².